The summed E-state index contributed by atoms with van der Waals surface area (Å²) in [6.45, 7) is -0.323. The predicted octanol–water partition coefficient (Wildman–Crippen LogP) is 1.57. The van der Waals surface area contributed by atoms with Crippen LogP contribution in [0.3, 0.4) is 0 Å². The molecule has 25 heavy (non-hydrogen) atoms. The molecule has 9 heteroatoms. The minimum atomic E-state index is -3.85. The number of methoxy groups -OCH3 is 1. The Bertz CT molecular complexity index is 1080. The van der Waals surface area contributed by atoms with Gasteiger partial charge in [0.1, 0.15) is 6.54 Å². The number of benzene rings is 2. The van der Waals surface area contributed by atoms with Crippen molar-refractivity contribution in [3.8, 4) is 0 Å². The first-order valence-corrected chi connectivity index (χ1v) is 8.67. The van der Waals surface area contributed by atoms with Crippen LogP contribution in [-0.2, 0) is 26.1 Å². The normalized spacial score (nSPS) is 11.4. The number of hydrogen-bond donors (Lipinski definition) is 1. The van der Waals surface area contributed by atoms with E-state index in [9.17, 15) is 18.0 Å². The third-order valence-electron chi connectivity index (χ3n) is 3.49. The second-order valence-corrected chi connectivity index (χ2v) is 6.81. The van der Waals surface area contributed by atoms with Crippen molar-refractivity contribution < 1.29 is 22.4 Å². The molecule has 3 aromatic rings. The Hall–Kier alpha value is -3.07. The van der Waals surface area contributed by atoms with Gasteiger partial charge in [-0.05, 0) is 24.3 Å². The molecule has 0 aliphatic carbocycles. The minimum Gasteiger partial charge on any atom is -0.468 e. The number of fused-ring (bicyclic) bond motifs is 1. The molecule has 0 aliphatic rings. The van der Waals surface area contributed by atoms with Crippen LogP contribution in [0.4, 0.5) is 5.69 Å². The maximum Gasteiger partial charge on any atom is 0.420 e. The molecule has 1 aromatic heterocycles. The van der Waals surface area contributed by atoms with Crippen LogP contribution in [0.15, 0.2) is 62.6 Å². The molecule has 0 saturated carbocycles. The Morgan fingerprint density at radius 3 is 2.60 bits per heavy atom. The van der Waals surface area contributed by atoms with E-state index in [1.54, 1.807) is 30.3 Å². The molecule has 8 nitrogen and oxygen atoms in total. The van der Waals surface area contributed by atoms with E-state index in [2.05, 4.69) is 9.46 Å². The van der Waals surface area contributed by atoms with Crippen molar-refractivity contribution in [3.63, 3.8) is 0 Å². The molecule has 130 valence electrons. The molecule has 1 N–H and O–H groups in total. The first kappa shape index (κ1) is 16.8. The van der Waals surface area contributed by atoms with E-state index < -0.39 is 21.7 Å². The molecule has 1 heterocycles. The van der Waals surface area contributed by atoms with Crippen LogP contribution in [0, 0.1) is 0 Å². The number of sulfonamides is 1. The summed E-state index contributed by atoms with van der Waals surface area (Å²) in [5.41, 5.74) is 0.770. The van der Waals surface area contributed by atoms with Crippen molar-refractivity contribution in [2.24, 2.45) is 0 Å². The number of aromatic nitrogens is 1. The fraction of sp³-hybridized carbons (Fsp3) is 0.125. The summed E-state index contributed by atoms with van der Waals surface area (Å²) in [5.74, 6) is -1.39. The van der Waals surface area contributed by atoms with Gasteiger partial charge in [-0.2, -0.15) is 0 Å². The van der Waals surface area contributed by atoms with Gasteiger partial charge >= 0.3 is 11.7 Å². The quantitative estimate of drug-likeness (QED) is 0.690. The maximum absolute atomic E-state index is 12.4. The monoisotopic (exact) mass is 362 g/mol. The van der Waals surface area contributed by atoms with E-state index in [0.29, 0.717) is 11.2 Å². The van der Waals surface area contributed by atoms with Crippen molar-refractivity contribution in [1.82, 2.24) is 4.57 Å². The predicted molar refractivity (Wildman–Crippen MR) is 89.7 cm³/mol. The summed E-state index contributed by atoms with van der Waals surface area (Å²) in [7, 11) is -2.65. The number of nitrogens with one attached hydrogen (secondary N) is 1. The fourth-order valence-electron chi connectivity index (χ4n) is 2.28. The molecule has 0 bridgehead atoms. The summed E-state index contributed by atoms with van der Waals surface area (Å²) < 4.78 is 38.0. The van der Waals surface area contributed by atoms with Crippen LogP contribution in [0.2, 0.25) is 0 Å². The lowest BCUT2D eigenvalue weighted by Gasteiger charge is -2.08. The molecule has 0 fully saturated rings. The van der Waals surface area contributed by atoms with Crippen LogP contribution < -0.4 is 10.5 Å². The largest absolute Gasteiger partial charge is 0.468 e. The molecule has 0 aliphatic heterocycles. The fourth-order valence-corrected chi connectivity index (χ4v) is 3.35. The highest BCUT2D eigenvalue weighted by Gasteiger charge is 2.19. The molecule has 0 unspecified atom stereocenters. The van der Waals surface area contributed by atoms with Crippen molar-refractivity contribution in [1.29, 1.82) is 0 Å². The number of hydrogen-bond acceptors (Lipinski definition) is 6. The van der Waals surface area contributed by atoms with Gasteiger partial charge in [0.2, 0.25) is 0 Å². The molecule has 2 aromatic carbocycles. The molecular weight excluding hydrogens is 348 g/mol. The van der Waals surface area contributed by atoms with Gasteiger partial charge in [-0.15, -0.1) is 0 Å². The van der Waals surface area contributed by atoms with Crippen molar-refractivity contribution in [3.05, 3.63) is 59.1 Å². The Balaban J connectivity index is 1.99. The van der Waals surface area contributed by atoms with Gasteiger partial charge in [0.05, 0.1) is 17.5 Å². The average Bonchev–Trinajstić information content (AvgIpc) is 2.90. The van der Waals surface area contributed by atoms with Crippen molar-refractivity contribution >= 4 is 32.8 Å². The highest BCUT2D eigenvalue weighted by Crippen LogP contribution is 2.21. The summed E-state index contributed by atoms with van der Waals surface area (Å²) in [5, 5.41) is 0. The van der Waals surface area contributed by atoms with Gasteiger partial charge < -0.3 is 9.15 Å². The van der Waals surface area contributed by atoms with Crippen LogP contribution in [0.1, 0.15) is 0 Å². The van der Waals surface area contributed by atoms with E-state index in [4.69, 9.17) is 4.42 Å². The third-order valence-corrected chi connectivity index (χ3v) is 4.87. The number of oxazole rings is 1. The minimum absolute atomic E-state index is 0.0600. The van der Waals surface area contributed by atoms with E-state index >= 15 is 0 Å². The Kier molecular flexibility index (Phi) is 4.32. The van der Waals surface area contributed by atoms with Crippen LogP contribution in [0.25, 0.3) is 11.1 Å². The highest BCUT2D eigenvalue weighted by atomic mass is 32.2. The SMILES string of the molecule is COC(=O)Cn1c(=O)oc2cc(S(=O)(=O)Nc3ccccc3)ccc21. The standard InChI is InChI=1S/C16H14N2O6S/c1-23-15(19)10-18-13-8-7-12(9-14(13)24-16(18)20)25(21,22)17-11-5-3-2-4-6-11/h2-9,17H,10H2,1H3. The lowest BCUT2D eigenvalue weighted by atomic mass is 10.3. The Morgan fingerprint density at radius 2 is 1.92 bits per heavy atom. The first-order chi connectivity index (χ1) is 11.9. The van der Waals surface area contributed by atoms with Crippen LogP contribution >= 0.6 is 0 Å². The third kappa shape index (κ3) is 3.41. The number of rotatable bonds is 5. The van der Waals surface area contributed by atoms with Crippen molar-refractivity contribution in [2.45, 2.75) is 11.4 Å². The maximum atomic E-state index is 12.4. The lowest BCUT2D eigenvalue weighted by Crippen LogP contribution is -2.20. The number of esters is 1. The number of anilines is 1. The lowest BCUT2D eigenvalue weighted by molar-refractivity contribution is -0.141. The summed E-state index contributed by atoms with van der Waals surface area (Å²) in [6, 6.07) is 12.4. The second-order valence-electron chi connectivity index (χ2n) is 5.13. The zero-order valence-corrected chi connectivity index (χ0v) is 13.9. The zero-order chi connectivity index (χ0) is 18.0. The van der Waals surface area contributed by atoms with E-state index in [1.807, 2.05) is 0 Å². The number of ether oxygens (including phenoxy) is 1. The van der Waals surface area contributed by atoms with E-state index in [0.717, 1.165) is 4.57 Å². The number of para-hydroxylation sites is 1. The van der Waals surface area contributed by atoms with Gasteiger partial charge in [0.15, 0.2) is 5.58 Å². The Labute approximate surface area is 142 Å². The molecule has 0 saturated heterocycles. The zero-order valence-electron chi connectivity index (χ0n) is 13.1. The van der Waals surface area contributed by atoms with Crippen molar-refractivity contribution in [2.75, 3.05) is 11.8 Å². The smallest absolute Gasteiger partial charge is 0.420 e. The highest BCUT2D eigenvalue weighted by molar-refractivity contribution is 7.92. The second kappa shape index (κ2) is 6.44. The molecule has 3 rings (SSSR count). The van der Waals surface area contributed by atoms with Gasteiger partial charge in [0, 0.05) is 11.8 Å². The summed E-state index contributed by atoms with van der Waals surface area (Å²) >= 11 is 0. The number of nitrogens with zero attached hydrogens (tertiary/aromatic N) is 1. The molecule has 0 radical (unpaired) electrons. The van der Waals surface area contributed by atoms with Gasteiger partial charge in [-0.1, -0.05) is 18.2 Å². The first-order valence-electron chi connectivity index (χ1n) is 7.19. The van der Waals surface area contributed by atoms with Gasteiger partial charge in [-0.3, -0.25) is 14.1 Å². The van der Waals surface area contributed by atoms with Gasteiger partial charge in [-0.25, -0.2) is 13.2 Å². The molecule has 0 amide bonds. The molecule has 0 spiro atoms. The van der Waals surface area contributed by atoms with Gasteiger partial charge in [0.25, 0.3) is 10.0 Å². The van der Waals surface area contributed by atoms with E-state index in [-0.39, 0.29) is 17.0 Å². The Morgan fingerprint density at radius 1 is 1.20 bits per heavy atom. The van der Waals surface area contributed by atoms with E-state index in [1.165, 1.54) is 25.3 Å². The number of carbonyl (C=O) groups excluding carboxylic acids is 1. The van der Waals surface area contributed by atoms with Crippen LogP contribution in [-0.4, -0.2) is 26.1 Å². The molecular formula is C16H14N2O6S. The average molecular weight is 362 g/mol. The molecule has 0 atom stereocenters. The summed E-state index contributed by atoms with van der Waals surface area (Å²) in [4.78, 5) is 23.2. The topological polar surface area (TPSA) is 108 Å². The summed E-state index contributed by atoms with van der Waals surface area (Å²) in [6.07, 6.45) is 0. The number of carbonyl (C=O) groups is 1. The van der Waals surface area contributed by atoms with Crippen LogP contribution in [0.5, 0.6) is 0 Å².